The van der Waals surface area contributed by atoms with E-state index < -0.39 is 10.0 Å². The Morgan fingerprint density at radius 2 is 2.00 bits per heavy atom. The maximum atomic E-state index is 12.5. The first-order valence-electron chi connectivity index (χ1n) is 7.44. The molecule has 2 heterocycles. The summed E-state index contributed by atoms with van der Waals surface area (Å²) in [5.74, 6) is 0.759. The number of nitrogens with one attached hydrogen (secondary N) is 2. The minimum Gasteiger partial charge on any atom is -0.334 e. The molecule has 22 heavy (non-hydrogen) atoms. The summed E-state index contributed by atoms with van der Waals surface area (Å²) < 4.78 is 29.6. The Hall–Kier alpha value is -1.67. The lowest BCUT2D eigenvalue weighted by Gasteiger charge is -2.11. The van der Waals surface area contributed by atoms with Crippen LogP contribution in [0.5, 0.6) is 0 Å². The number of H-pyrrole nitrogens is 1. The summed E-state index contributed by atoms with van der Waals surface area (Å²) >= 11 is 0. The van der Waals surface area contributed by atoms with Crippen molar-refractivity contribution >= 4 is 10.0 Å². The molecule has 8 heteroatoms. The minimum absolute atomic E-state index is 0.190. The number of aromatic amines is 1. The molecule has 1 aliphatic rings. The number of sulfonamides is 1. The van der Waals surface area contributed by atoms with Gasteiger partial charge in [-0.05, 0) is 39.5 Å². The zero-order valence-corrected chi connectivity index (χ0v) is 13.9. The third kappa shape index (κ3) is 2.56. The van der Waals surface area contributed by atoms with Gasteiger partial charge in [-0.2, -0.15) is 5.10 Å². The SMILES string of the molecule is Cc1n[nH]c(C)c1S(=O)(=O)NCc1nc2c(n1C)CCCC2. The Labute approximate surface area is 130 Å². The van der Waals surface area contributed by atoms with Crippen LogP contribution in [0.25, 0.3) is 0 Å². The zero-order chi connectivity index (χ0) is 15.9. The molecule has 0 amide bonds. The molecule has 120 valence electrons. The highest BCUT2D eigenvalue weighted by Crippen LogP contribution is 2.22. The molecule has 0 spiro atoms. The maximum Gasteiger partial charge on any atom is 0.244 e. The molecule has 2 aromatic rings. The lowest BCUT2D eigenvalue weighted by Crippen LogP contribution is -2.25. The molecule has 0 aliphatic heterocycles. The van der Waals surface area contributed by atoms with Gasteiger partial charge in [-0.3, -0.25) is 5.10 Å². The first-order valence-corrected chi connectivity index (χ1v) is 8.93. The molecule has 2 N–H and O–H groups in total. The molecule has 0 unspecified atom stereocenters. The van der Waals surface area contributed by atoms with Gasteiger partial charge in [-0.1, -0.05) is 0 Å². The number of imidazole rings is 1. The van der Waals surface area contributed by atoms with E-state index in [4.69, 9.17) is 0 Å². The molecule has 0 saturated carbocycles. The third-order valence-electron chi connectivity index (χ3n) is 4.22. The van der Waals surface area contributed by atoms with Gasteiger partial charge in [-0.25, -0.2) is 18.1 Å². The lowest BCUT2D eigenvalue weighted by molar-refractivity contribution is 0.575. The smallest absolute Gasteiger partial charge is 0.244 e. The molecule has 0 bridgehead atoms. The van der Waals surface area contributed by atoms with Crippen LogP contribution in [0.2, 0.25) is 0 Å². The summed E-state index contributed by atoms with van der Waals surface area (Å²) in [4.78, 5) is 4.82. The average Bonchev–Trinajstić information content (AvgIpc) is 2.98. The van der Waals surface area contributed by atoms with Gasteiger partial charge in [0, 0.05) is 12.7 Å². The fraction of sp³-hybridized carbons (Fsp3) is 0.571. The summed E-state index contributed by atoms with van der Waals surface area (Å²) in [5.41, 5.74) is 3.36. The molecule has 0 aromatic carbocycles. The van der Waals surface area contributed by atoms with E-state index in [0.717, 1.165) is 30.8 Å². The van der Waals surface area contributed by atoms with Crippen molar-refractivity contribution < 1.29 is 8.42 Å². The monoisotopic (exact) mass is 323 g/mol. The van der Waals surface area contributed by atoms with Crippen molar-refractivity contribution in [2.45, 2.75) is 51.0 Å². The van der Waals surface area contributed by atoms with Crippen molar-refractivity contribution in [1.29, 1.82) is 0 Å². The molecule has 0 fully saturated rings. The van der Waals surface area contributed by atoms with Crippen molar-refractivity contribution in [3.63, 3.8) is 0 Å². The van der Waals surface area contributed by atoms with E-state index in [1.54, 1.807) is 13.8 Å². The highest BCUT2D eigenvalue weighted by Gasteiger charge is 2.24. The van der Waals surface area contributed by atoms with Gasteiger partial charge < -0.3 is 4.57 Å². The summed E-state index contributed by atoms with van der Waals surface area (Å²) in [6, 6.07) is 0. The van der Waals surface area contributed by atoms with Crippen LogP contribution in [0.1, 0.15) is 41.4 Å². The second-order valence-corrected chi connectivity index (χ2v) is 7.48. The number of hydrogen-bond acceptors (Lipinski definition) is 4. The van der Waals surface area contributed by atoms with E-state index in [1.165, 1.54) is 12.1 Å². The molecule has 2 aromatic heterocycles. The van der Waals surface area contributed by atoms with Crippen LogP contribution in [-0.2, 0) is 36.5 Å². The Morgan fingerprint density at radius 1 is 1.27 bits per heavy atom. The molecule has 7 nitrogen and oxygen atoms in total. The van der Waals surface area contributed by atoms with E-state index in [2.05, 4.69) is 19.9 Å². The van der Waals surface area contributed by atoms with Gasteiger partial charge in [0.2, 0.25) is 10.0 Å². The quantitative estimate of drug-likeness (QED) is 0.882. The summed E-state index contributed by atoms with van der Waals surface area (Å²) in [5, 5.41) is 6.65. The van der Waals surface area contributed by atoms with Crippen molar-refractivity contribution in [2.24, 2.45) is 7.05 Å². The van der Waals surface area contributed by atoms with Crippen LogP contribution in [0.3, 0.4) is 0 Å². The molecule has 3 rings (SSSR count). The summed E-state index contributed by atoms with van der Waals surface area (Å²) in [7, 11) is -1.64. The Balaban J connectivity index is 1.82. The number of aromatic nitrogens is 4. The van der Waals surface area contributed by atoms with Crippen LogP contribution in [-0.4, -0.2) is 28.2 Å². The molecule has 0 atom stereocenters. The fourth-order valence-corrected chi connectivity index (χ4v) is 4.41. The van der Waals surface area contributed by atoms with E-state index in [1.807, 2.05) is 11.6 Å². The van der Waals surface area contributed by atoms with Gasteiger partial charge in [-0.15, -0.1) is 0 Å². The molecular formula is C14H21N5O2S. The largest absolute Gasteiger partial charge is 0.334 e. The van der Waals surface area contributed by atoms with Crippen molar-refractivity contribution in [3.8, 4) is 0 Å². The average molecular weight is 323 g/mol. The molecule has 0 radical (unpaired) electrons. The van der Waals surface area contributed by atoms with E-state index in [0.29, 0.717) is 11.4 Å². The van der Waals surface area contributed by atoms with Crippen LogP contribution < -0.4 is 4.72 Å². The van der Waals surface area contributed by atoms with Gasteiger partial charge in [0.1, 0.15) is 10.7 Å². The predicted molar refractivity (Wildman–Crippen MR) is 81.9 cm³/mol. The Bertz CT molecular complexity index is 784. The van der Waals surface area contributed by atoms with Crippen LogP contribution in [0.4, 0.5) is 0 Å². The highest BCUT2D eigenvalue weighted by molar-refractivity contribution is 7.89. The number of aryl methyl sites for hydroxylation is 3. The van der Waals surface area contributed by atoms with Crippen LogP contribution >= 0.6 is 0 Å². The van der Waals surface area contributed by atoms with Crippen molar-refractivity contribution in [1.82, 2.24) is 24.5 Å². The fourth-order valence-electron chi connectivity index (χ4n) is 3.07. The summed E-state index contributed by atoms with van der Waals surface area (Å²) in [6.07, 6.45) is 4.33. The van der Waals surface area contributed by atoms with Gasteiger partial charge in [0.15, 0.2) is 0 Å². The zero-order valence-electron chi connectivity index (χ0n) is 13.1. The van der Waals surface area contributed by atoms with Gasteiger partial charge >= 0.3 is 0 Å². The lowest BCUT2D eigenvalue weighted by atomic mass is 10.0. The minimum atomic E-state index is -3.59. The van der Waals surface area contributed by atoms with Crippen molar-refractivity contribution in [3.05, 3.63) is 28.6 Å². The third-order valence-corrected chi connectivity index (χ3v) is 5.88. The topological polar surface area (TPSA) is 92.7 Å². The van der Waals surface area contributed by atoms with Crippen LogP contribution in [0.15, 0.2) is 4.90 Å². The number of nitrogens with zero attached hydrogens (tertiary/aromatic N) is 3. The predicted octanol–water partition coefficient (Wildman–Crippen LogP) is 1.12. The normalized spacial score (nSPS) is 15.0. The van der Waals surface area contributed by atoms with E-state index in [-0.39, 0.29) is 11.4 Å². The molecule has 1 aliphatic carbocycles. The second-order valence-electron chi connectivity index (χ2n) is 5.78. The van der Waals surface area contributed by atoms with Crippen LogP contribution in [0, 0.1) is 13.8 Å². The first kappa shape index (κ1) is 15.2. The first-order chi connectivity index (χ1) is 10.4. The standard InChI is InChI=1S/C14H21N5O2S/c1-9-14(10(2)18-17-9)22(20,21)15-8-13-16-11-6-4-5-7-12(11)19(13)3/h15H,4-8H2,1-3H3,(H,17,18). The van der Waals surface area contributed by atoms with Crippen molar-refractivity contribution in [2.75, 3.05) is 0 Å². The second kappa shape index (κ2) is 5.51. The summed E-state index contributed by atoms with van der Waals surface area (Å²) in [6.45, 7) is 3.57. The Morgan fingerprint density at radius 3 is 2.64 bits per heavy atom. The number of hydrogen-bond donors (Lipinski definition) is 2. The molecular weight excluding hydrogens is 302 g/mol. The number of fused-ring (bicyclic) bond motifs is 1. The highest BCUT2D eigenvalue weighted by atomic mass is 32.2. The van der Waals surface area contributed by atoms with Gasteiger partial charge in [0.05, 0.1) is 23.6 Å². The number of rotatable bonds is 4. The van der Waals surface area contributed by atoms with Gasteiger partial charge in [0.25, 0.3) is 0 Å². The Kier molecular flexibility index (Phi) is 3.82. The van der Waals surface area contributed by atoms with E-state index in [9.17, 15) is 8.42 Å². The molecule has 0 saturated heterocycles. The van der Waals surface area contributed by atoms with E-state index >= 15 is 0 Å². The maximum absolute atomic E-state index is 12.5.